The molecule has 25 heavy (non-hydrogen) atoms. The number of benzene rings is 1. The molecule has 0 amide bonds. The first kappa shape index (κ1) is 19.6. The third kappa shape index (κ3) is 6.28. The van der Waals surface area contributed by atoms with E-state index in [0.29, 0.717) is 25.4 Å². The molecule has 1 saturated carbocycles. The quantitative estimate of drug-likeness (QED) is 0.544. The SMILES string of the molecule is CCCCC(=O)OCCc1ccc(C(=O)C2CCC(CN)CC2)cc1. The molecule has 4 nitrogen and oxygen atoms in total. The summed E-state index contributed by atoms with van der Waals surface area (Å²) < 4.78 is 5.23. The van der Waals surface area contributed by atoms with E-state index in [1.54, 1.807) is 0 Å². The Morgan fingerprint density at radius 1 is 1.12 bits per heavy atom. The van der Waals surface area contributed by atoms with Crippen LogP contribution in [-0.4, -0.2) is 24.9 Å². The molecule has 0 atom stereocenters. The molecule has 138 valence electrons. The first-order valence-electron chi connectivity index (χ1n) is 9.62. The molecule has 0 radical (unpaired) electrons. The fourth-order valence-corrected chi connectivity index (χ4v) is 3.41. The number of ketones is 1. The van der Waals surface area contributed by atoms with Gasteiger partial charge in [0.25, 0.3) is 0 Å². The second kappa shape index (κ2) is 10.3. The fraction of sp³-hybridized carbons (Fsp3) is 0.619. The lowest BCUT2D eigenvalue weighted by molar-refractivity contribution is -0.143. The first-order valence-corrected chi connectivity index (χ1v) is 9.62. The van der Waals surface area contributed by atoms with Crippen molar-refractivity contribution in [2.45, 2.75) is 58.3 Å². The number of Topliss-reactive ketones (excluding diaryl/α,β-unsaturated/α-hetero) is 1. The summed E-state index contributed by atoms with van der Waals surface area (Å²) >= 11 is 0. The highest BCUT2D eigenvalue weighted by Gasteiger charge is 2.26. The van der Waals surface area contributed by atoms with Crippen LogP contribution in [0, 0.1) is 11.8 Å². The smallest absolute Gasteiger partial charge is 0.305 e. The number of ether oxygens (including phenoxy) is 1. The molecule has 1 aromatic rings. The highest BCUT2D eigenvalue weighted by atomic mass is 16.5. The Morgan fingerprint density at radius 3 is 2.40 bits per heavy atom. The van der Waals surface area contributed by atoms with Crippen LogP contribution in [0.3, 0.4) is 0 Å². The van der Waals surface area contributed by atoms with Crippen molar-refractivity contribution in [1.29, 1.82) is 0 Å². The number of hydrogen-bond acceptors (Lipinski definition) is 4. The van der Waals surface area contributed by atoms with Gasteiger partial charge in [0.05, 0.1) is 6.61 Å². The van der Waals surface area contributed by atoms with Crippen molar-refractivity contribution in [3.8, 4) is 0 Å². The van der Waals surface area contributed by atoms with Crippen LogP contribution in [0.5, 0.6) is 0 Å². The van der Waals surface area contributed by atoms with Crippen LogP contribution in [0.1, 0.15) is 67.8 Å². The lowest BCUT2D eigenvalue weighted by atomic mass is 9.78. The van der Waals surface area contributed by atoms with Gasteiger partial charge in [0.15, 0.2) is 5.78 Å². The summed E-state index contributed by atoms with van der Waals surface area (Å²) in [5.74, 6) is 0.870. The van der Waals surface area contributed by atoms with E-state index in [0.717, 1.165) is 56.2 Å². The van der Waals surface area contributed by atoms with Crippen molar-refractivity contribution in [3.63, 3.8) is 0 Å². The van der Waals surface area contributed by atoms with Crippen LogP contribution in [0.25, 0.3) is 0 Å². The van der Waals surface area contributed by atoms with E-state index >= 15 is 0 Å². The van der Waals surface area contributed by atoms with Gasteiger partial charge in [0.1, 0.15) is 0 Å². The van der Waals surface area contributed by atoms with Crippen LogP contribution in [0.2, 0.25) is 0 Å². The molecule has 0 heterocycles. The molecule has 0 saturated heterocycles. The number of esters is 1. The van der Waals surface area contributed by atoms with Crippen molar-refractivity contribution >= 4 is 11.8 Å². The van der Waals surface area contributed by atoms with Crippen LogP contribution in [0.15, 0.2) is 24.3 Å². The van der Waals surface area contributed by atoms with Crippen molar-refractivity contribution in [1.82, 2.24) is 0 Å². The Labute approximate surface area is 151 Å². The normalized spacial score (nSPS) is 20.2. The Kier molecular flexibility index (Phi) is 8.13. The summed E-state index contributed by atoms with van der Waals surface area (Å²) in [5.41, 5.74) is 7.60. The van der Waals surface area contributed by atoms with Gasteiger partial charge in [-0.1, -0.05) is 37.6 Å². The van der Waals surface area contributed by atoms with E-state index in [1.165, 1.54) is 0 Å². The highest BCUT2D eigenvalue weighted by molar-refractivity contribution is 5.97. The maximum atomic E-state index is 12.6. The van der Waals surface area contributed by atoms with E-state index in [4.69, 9.17) is 10.5 Å². The van der Waals surface area contributed by atoms with Crippen LogP contribution >= 0.6 is 0 Å². The average molecular weight is 345 g/mol. The first-order chi connectivity index (χ1) is 12.1. The summed E-state index contributed by atoms with van der Waals surface area (Å²) in [5, 5.41) is 0. The fourth-order valence-electron chi connectivity index (χ4n) is 3.41. The number of carbonyl (C=O) groups is 2. The predicted octanol–water partition coefficient (Wildman–Crippen LogP) is 3.91. The summed E-state index contributed by atoms with van der Waals surface area (Å²) in [6, 6.07) is 7.76. The lowest BCUT2D eigenvalue weighted by Gasteiger charge is -2.26. The van der Waals surface area contributed by atoms with Crippen LogP contribution < -0.4 is 5.73 Å². The van der Waals surface area contributed by atoms with Crippen molar-refractivity contribution in [2.75, 3.05) is 13.2 Å². The molecule has 1 fully saturated rings. The molecule has 1 aromatic carbocycles. The number of carbonyl (C=O) groups excluding carboxylic acids is 2. The molecule has 1 aliphatic rings. The van der Waals surface area contributed by atoms with Gasteiger partial charge in [-0.2, -0.15) is 0 Å². The third-order valence-electron chi connectivity index (χ3n) is 5.18. The Morgan fingerprint density at radius 2 is 1.80 bits per heavy atom. The van der Waals surface area contributed by atoms with E-state index in [2.05, 4.69) is 6.92 Å². The van der Waals surface area contributed by atoms with Crippen LogP contribution in [-0.2, 0) is 16.0 Å². The standard InChI is InChI=1S/C21H31NO3/c1-2-3-4-20(23)25-14-13-16-5-9-18(10-6-16)21(24)19-11-7-17(15-22)8-12-19/h5-6,9-10,17,19H,2-4,7-8,11-15,22H2,1H3. The van der Waals surface area contributed by atoms with Gasteiger partial charge in [-0.05, 0) is 50.1 Å². The number of nitrogens with two attached hydrogens (primary N) is 1. The van der Waals surface area contributed by atoms with Gasteiger partial charge in [-0.25, -0.2) is 0 Å². The second-order valence-electron chi connectivity index (χ2n) is 7.09. The average Bonchev–Trinajstić information content (AvgIpc) is 2.66. The van der Waals surface area contributed by atoms with Crippen LogP contribution in [0.4, 0.5) is 0 Å². The summed E-state index contributed by atoms with van der Waals surface area (Å²) in [7, 11) is 0. The van der Waals surface area contributed by atoms with Gasteiger partial charge in [-0.3, -0.25) is 9.59 Å². The minimum atomic E-state index is -0.123. The number of hydrogen-bond donors (Lipinski definition) is 1. The van der Waals surface area contributed by atoms with Crippen molar-refractivity contribution in [2.24, 2.45) is 17.6 Å². The topological polar surface area (TPSA) is 69.4 Å². The third-order valence-corrected chi connectivity index (χ3v) is 5.18. The monoisotopic (exact) mass is 345 g/mol. The summed E-state index contributed by atoms with van der Waals surface area (Å²) in [6.45, 7) is 3.19. The minimum Gasteiger partial charge on any atom is -0.465 e. The Bertz CT molecular complexity index is 545. The molecular formula is C21H31NO3. The maximum Gasteiger partial charge on any atom is 0.305 e. The summed E-state index contributed by atoms with van der Waals surface area (Å²) in [4.78, 5) is 24.1. The van der Waals surface area contributed by atoms with Gasteiger partial charge in [-0.15, -0.1) is 0 Å². The number of unbranched alkanes of at least 4 members (excludes halogenated alkanes) is 1. The molecule has 0 aliphatic heterocycles. The largest absolute Gasteiger partial charge is 0.465 e. The molecule has 2 rings (SSSR count). The predicted molar refractivity (Wildman–Crippen MR) is 99.5 cm³/mol. The van der Waals surface area contributed by atoms with Gasteiger partial charge in [0, 0.05) is 24.3 Å². The zero-order valence-electron chi connectivity index (χ0n) is 15.3. The molecular weight excluding hydrogens is 314 g/mol. The molecule has 4 heteroatoms. The van der Waals surface area contributed by atoms with Crippen molar-refractivity contribution in [3.05, 3.63) is 35.4 Å². The lowest BCUT2D eigenvalue weighted by Crippen LogP contribution is -2.25. The van der Waals surface area contributed by atoms with Gasteiger partial charge in [0.2, 0.25) is 0 Å². The summed E-state index contributed by atoms with van der Waals surface area (Å²) in [6.07, 6.45) is 7.10. The van der Waals surface area contributed by atoms with E-state index in [-0.39, 0.29) is 17.7 Å². The molecule has 2 N–H and O–H groups in total. The zero-order chi connectivity index (χ0) is 18.1. The second-order valence-corrected chi connectivity index (χ2v) is 7.09. The van der Waals surface area contributed by atoms with Gasteiger partial charge < -0.3 is 10.5 Å². The van der Waals surface area contributed by atoms with Crippen molar-refractivity contribution < 1.29 is 14.3 Å². The minimum absolute atomic E-state index is 0.123. The Balaban J connectivity index is 1.77. The molecule has 0 bridgehead atoms. The zero-order valence-corrected chi connectivity index (χ0v) is 15.3. The van der Waals surface area contributed by atoms with Gasteiger partial charge >= 0.3 is 5.97 Å². The Hall–Kier alpha value is -1.68. The van der Waals surface area contributed by atoms with E-state index < -0.39 is 0 Å². The van der Waals surface area contributed by atoms with E-state index in [9.17, 15) is 9.59 Å². The molecule has 0 aromatic heterocycles. The highest BCUT2D eigenvalue weighted by Crippen LogP contribution is 2.30. The van der Waals surface area contributed by atoms with E-state index in [1.807, 2.05) is 24.3 Å². The molecule has 0 unspecified atom stereocenters. The molecule has 1 aliphatic carbocycles. The molecule has 0 spiro atoms. The maximum absolute atomic E-state index is 12.6. The number of rotatable bonds is 9.